The van der Waals surface area contributed by atoms with E-state index in [9.17, 15) is 0 Å². The minimum Gasteiger partial charge on any atom is -0.822 e. The molecule has 56 valence electrons. The molecule has 0 aromatic heterocycles. The zero-order valence-electron chi connectivity index (χ0n) is 4.59. The SMILES string of the molecule is O=C(O)O.O=P([O-])([O-])[O-].[Ca+2]. The van der Waals surface area contributed by atoms with Crippen molar-refractivity contribution in [3.63, 3.8) is 0 Å². The molecule has 0 bridgehead atoms. The summed E-state index contributed by atoms with van der Waals surface area (Å²) in [6.45, 7) is 0. The molecule has 0 aliphatic carbocycles. The Balaban J connectivity index is -0.0000000910. The molecule has 2 N–H and O–H groups in total. The maximum Gasteiger partial charge on any atom is 2.00 e. The third-order valence-electron chi connectivity index (χ3n) is 0. The van der Waals surface area contributed by atoms with Crippen molar-refractivity contribution >= 4 is 51.7 Å². The van der Waals surface area contributed by atoms with Gasteiger partial charge in [-0.2, -0.15) is 7.82 Å². The normalized spacial score (nSPS) is 8.30. The molecule has 0 unspecified atom stereocenters. The second-order valence-electron chi connectivity index (χ2n) is 0.730. The summed E-state index contributed by atoms with van der Waals surface area (Å²) in [6.07, 6.45) is -1.83. The summed E-state index contributed by atoms with van der Waals surface area (Å²) in [6, 6.07) is 0. The van der Waals surface area contributed by atoms with Crippen LogP contribution < -0.4 is 14.7 Å². The first-order chi connectivity index (χ1) is 3.73. The van der Waals surface area contributed by atoms with Crippen LogP contribution >= 0.6 is 7.82 Å². The van der Waals surface area contributed by atoms with Gasteiger partial charge < -0.3 is 29.5 Å². The van der Waals surface area contributed by atoms with Crippen molar-refractivity contribution in [3.05, 3.63) is 0 Å². The molecule has 0 aromatic carbocycles. The van der Waals surface area contributed by atoms with E-state index in [0.717, 1.165) is 0 Å². The van der Waals surface area contributed by atoms with Gasteiger partial charge >= 0.3 is 43.9 Å². The molecule has 0 atom stereocenters. The van der Waals surface area contributed by atoms with E-state index in [0.29, 0.717) is 0 Å². The van der Waals surface area contributed by atoms with Crippen molar-refractivity contribution in [3.8, 4) is 0 Å². The number of hydrogen-bond donors (Lipinski definition) is 2. The fraction of sp³-hybridized carbons (Fsp3) is 0. The van der Waals surface area contributed by atoms with Crippen LogP contribution in [-0.2, 0) is 4.57 Å². The molecule has 0 aliphatic heterocycles. The Labute approximate surface area is 85.5 Å². The number of phosphoric acid groups is 1. The summed E-state index contributed by atoms with van der Waals surface area (Å²) in [4.78, 5) is 34.2. The zero-order chi connectivity index (χ0) is 8.08. The minimum absolute atomic E-state index is 0. The Hall–Kier alpha value is 0.640. The Morgan fingerprint density at radius 1 is 1.20 bits per heavy atom. The van der Waals surface area contributed by atoms with Crippen LogP contribution in [0.2, 0.25) is 0 Å². The van der Waals surface area contributed by atoms with Gasteiger partial charge in [0.25, 0.3) is 0 Å². The predicted molar refractivity (Wildman–Crippen MR) is 24.0 cm³/mol. The molecule has 0 radical (unpaired) electrons. The van der Waals surface area contributed by atoms with Crippen molar-refractivity contribution in [2.45, 2.75) is 0 Å². The van der Waals surface area contributed by atoms with E-state index in [-0.39, 0.29) is 37.7 Å². The largest absolute Gasteiger partial charge is 2.00 e. The molecule has 0 fully saturated rings. The van der Waals surface area contributed by atoms with Gasteiger partial charge in [0, 0.05) is 0 Å². The smallest absolute Gasteiger partial charge is 0.822 e. The Morgan fingerprint density at radius 3 is 1.20 bits per heavy atom. The van der Waals surface area contributed by atoms with Crippen LogP contribution in [0.1, 0.15) is 0 Å². The molecule has 0 aromatic rings. The van der Waals surface area contributed by atoms with E-state index >= 15 is 0 Å². The third-order valence-corrected chi connectivity index (χ3v) is 0. The molecule has 0 amide bonds. The van der Waals surface area contributed by atoms with Crippen molar-refractivity contribution in [2.24, 2.45) is 0 Å². The van der Waals surface area contributed by atoms with Crippen LogP contribution in [-0.4, -0.2) is 54.1 Å². The zero-order valence-corrected chi connectivity index (χ0v) is 7.69. The predicted octanol–water partition coefficient (Wildman–Crippen LogP) is -2.98. The van der Waals surface area contributed by atoms with E-state index in [1.54, 1.807) is 0 Å². The van der Waals surface area contributed by atoms with Gasteiger partial charge in [0.05, 0.1) is 0 Å². The van der Waals surface area contributed by atoms with E-state index in [1.807, 2.05) is 0 Å². The first kappa shape index (κ1) is 16.9. The minimum atomic E-state index is -5.39. The van der Waals surface area contributed by atoms with Gasteiger partial charge in [-0.1, -0.05) is 0 Å². The Kier molecular flexibility index (Phi) is 13.1. The van der Waals surface area contributed by atoms with Gasteiger partial charge in [-0.3, -0.25) is 0 Å². The topological polar surface area (TPSA) is 144 Å². The molecule has 0 spiro atoms. The number of carboxylic acid groups (broad SMARTS) is 2. The number of carbonyl (C=O) groups is 1. The monoisotopic (exact) mass is 197 g/mol. The van der Waals surface area contributed by atoms with E-state index in [2.05, 4.69) is 0 Å². The molecule has 0 heterocycles. The van der Waals surface area contributed by atoms with Gasteiger partial charge in [0.1, 0.15) is 0 Å². The second-order valence-corrected chi connectivity index (χ2v) is 1.62. The number of rotatable bonds is 0. The van der Waals surface area contributed by atoms with Gasteiger partial charge in [-0.15, -0.1) is 0 Å². The second kappa shape index (κ2) is 7.74. The summed E-state index contributed by atoms with van der Waals surface area (Å²) in [5.41, 5.74) is 0. The summed E-state index contributed by atoms with van der Waals surface area (Å²) in [7, 11) is -5.39. The molecular formula is CH2CaO7P-. The van der Waals surface area contributed by atoms with Gasteiger partial charge in [-0.05, 0) is 0 Å². The molecule has 0 rings (SSSR count). The summed E-state index contributed by atoms with van der Waals surface area (Å²) in [5.74, 6) is 0. The average Bonchev–Trinajstić information content (AvgIpc) is 1.19. The van der Waals surface area contributed by atoms with Crippen molar-refractivity contribution in [1.29, 1.82) is 0 Å². The first-order valence-electron chi connectivity index (χ1n) is 1.38. The van der Waals surface area contributed by atoms with Crippen LogP contribution in [0.4, 0.5) is 4.79 Å². The first-order valence-corrected chi connectivity index (χ1v) is 2.84. The van der Waals surface area contributed by atoms with Gasteiger partial charge in [0.15, 0.2) is 0 Å². The molecule has 7 nitrogen and oxygen atoms in total. The molecule has 0 saturated carbocycles. The Morgan fingerprint density at radius 2 is 1.20 bits per heavy atom. The number of hydrogen-bond acceptors (Lipinski definition) is 5. The average molecular weight is 197 g/mol. The summed E-state index contributed by atoms with van der Waals surface area (Å²) in [5, 5.41) is 13.9. The van der Waals surface area contributed by atoms with E-state index in [1.165, 1.54) is 0 Å². The van der Waals surface area contributed by atoms with Gasteiger partial charge in [-0.25, -0.2) is 4.79 Å². The van der Waals surface area contributed by atoms with Crippen LogP contribution in [0.5, 0.6) is 0 Å². The van der Waals surface area contributed by atoms with Crippen molar-refractivity contribution in [1.82, 2.24) is 0 Å². The van der Waals surface area contributed by atoms with Gasteiger partial charge in [0.2, 0.25) is 0 Å². The van der Waals surface area contributed by atoms with Crippen LogP contribution in [0.3, 0.4) is 0 Å². The third kappa shape index (κ3) is 1230. The molecule has 0 saturated heterocycles. The van der Waals surface area contributed by atoms with E-state index < -0.39 is 14.0 Å². The molecular weight excluding hydrogens is 195 g/mol. The van der Waals surface area contributed by atoms with Crippen molar-refractivity contribution < 1.29 is 34.3 Å². The fourth-order valence-electron chi connectivity index (χ4n) is 0. The molecule has 0 aliphatic rings. The molecule has 9 heteroatoms. The Bertz CT molecular complexity index is 113. The van der Waals surface area contributed by atoms with Crippen LogP contribution in [0, 0.1) is 0 Å². The maximum absolute atomic E-state index is 8.56. The maximum atomic E-state index is 8.56. The summed E-state index contributed by atoms with van der Waals surface area (Å²) >= 11 is 0. The van der Waals surface area contributed by atoms with Crippen LogP contribution in [0.15, 0.2) is 0 Å². The van der Waals surface area contributed by atoms with E-state index in [4.69, 9.17) is 34.3 Å². The standard InChI is InChI=1S/CH2O3.Ca.H3O4P/c2-1(3)4;;1-5(2,3)4/h(H2,2,3,4);;(H3,1,2,3,4)/q;+2;/p-3. The summed E-state index contributed by atoms with van der Waals surface area (Å²) < 4.78 is 8.55. The molecule has 10 heavy (non-hydrogen) atoms. The van der Waals surface area contributed by atoms with Crippen LogP contribution in [0.25, 0.3) is 0 Å². The quantitative estimate of drug-likeness (QED) is 0.311. The van der Waals surface area contributed by atoms with Crippen molar-refractivity contribution in [2.75, 3.05) is 0 Å². The fourth-order valence-corrected chi connectivity index (χ4v) is 0.